The summed E-state index contributed by atoms with van der Waals surface area (Å²) in [6, 6.07) is 6.37. The van der Waals surface area contributed by atoms with Crippen molar-refractivity contribution >= 4 is 23.4 Å². The Hall–Kier alpha value is -0.180. The normalized spacial score (nSPS) is 25.8. The van der Waals surface area contributed by atoms with Gasteiger partial charge in [-0.15, -0.1) is 0 Å². The molecule has 0 bridgehead atoms. The maximum atomic E-state index is 6.16. The molecule has 1 aromatic carbocycles. The third-order valence-corrected chi connectivity index (χ3v) is 4.93. The van der Waals surface area contributed by atoms with E-state index in [4.69, 9.17) is 17.3 Å². The Bertz CT molecular complexity index is 359. The summed E-state index contributed by atoms with van der Waals surface area (Å²) in [5.74, 6) is 2.34. The highest BCUT2D eigenvalue weighted by molar-refractivity contribution is 7.99. The molecule has 0 saturated carbocycles. The lowest BCUT2D eigenvalue weighted by atomic mass is 9.80. The van der Waals surface area contributed by atoms with Crippen LogP contribution in [0.15, 0.2) is 18.2 Å². The van der Waals surface area contributed by atoms with Gasteiger partial charge in [0.2, 0.25) is 0 Å². The van der Waals surface area contributed by atoms with Gasteiger partial charge >= 0.3 is 0 Å². The second-order valence-electron chi connectivity index (χ2n) is 4.25. The first-order valence-corrected chi connectivity index (χ1v) is 6.76. The van der Waals surface area contributed by atoms with Gasteiger partial charge in [0, 0.05) is 22.7 Å². The smallest absolute Gasteiger partial charge is 0.0438 e. The Morgan fingerprint density at radius 3 is 2.87 bits per heavy atom. The van der Waals surface area contributed by atoms with Crippen molar-refractivity contribution in [1.82, 2.24) is 0 Å². The molecule has 1 aliphatic heterocycles. The van der Waals surface area contributed by atoms with E-state index in [2.05, 4.69) is 18.2 Å². The molecule has 1 atom stereocenters. The molecular weight excluding hydrogens is 226 g/mol. The molecule has 82 valence electrons. The Labute approximate surface area is 100 Å². The zero-order valence-electron chi connectivity index (χ0n) is 8.92. The van der Waals surface area contributed by atoms with Crippen molar-refractivity contribution in [2.45, 2.75) is 18.8 Å². The van der Waals surface area contributed by atoms with Crippen LogP contribution in [0.1, 0.15) is 17.5 Å². The molecule has 1 saturated heterocycles. The van der Waals surface area contributed by atoms with Crippen LogP contribution in [-0.2, 0) is 5.41 Å². The Kier molecular flexibility index (Phi) is 3.29. The van der Waals surface area contributed by atoms with Crippen molar-refractivity contribution < 1.29 is 0 Å². The standard InChI is InChI=1S/C12H16ClNS/c1-9-2-3-10(6-11(9)13)12(7-14)4-5-15-8-12/h2-3,6H,4-5,7-8,14H2,1H3. The molecule has 2 rings (SSSR count). The number of rotatable bonds is 2. The van der Waals surface area contributed by atoms with Gasteiger partial charge in [-0.1, -0.05) is 23.7 Å². The molecule has 0 aromatic heterocycles. The maximum absolute atomic E-state index is 6.16. The van der Waals surface area contributed by atoms with E-state index in [9.17, 15) is 0 Å². The second kappa shape index (κ2) is 4.36. The maximum Gasteiger partial charge on any atom is 0.0438 e. The largest absolute Gasteiger partial charge is 0.330 e. The molecule has 1 fully saturated rings. The summed E-state index contributed by atoms with van der Waals surface area (Å²) in [5.41, 5.74) is 8.55. The molecule has 1 heterocycles. The molecule has 1 unspecified atom stereocenters. The van der Waals surface area contributed by atoms with Gasteiger partial charge in [0.05, 0.1) is 0 Å². The number of hydrogen-bond donors (Lipinski definition) is 1. The highest BCUT2D eigenvalue weighted by atomic mass is 35.5. The first-order chi connectivity index (χ1) is 7.18. The van der Waals surface area contributed by atoms with E-state index in [1.807, 2.05) is 18.7 Å². The van der Waals surface area contributed by atoms with Gasteiger partial charge in [0.1, 0.15) is 0 Å². The van der Waals surface area contributed by atoms with Crippen LogP contribution in [0, 0.1) is 6.92 Å². The van der Waals surface area contributed by atoms with E-state index >= 15 is 0 Å². The third kappa shape index (κ3) is 2.03. The van der Waals surface area contributed by atoms with Crippen LogP contribution in [0.3, 0.4) is 0 Å². The Morgan fingerprint density at radius 2 is 2.33 bits per heavy atom. The van der Waals surface area contributed by atoms with Crippen LogP contribution >= 0.6 is 23.4 Å². The number of nitrogens with two attached hydrogens (primary N) is 1. The first kappa shape index (κ1) is 11.3. The number of hydrogen-bond acceptors (Lipinski definition) is 2. The number of thioether (sulfide) groups is 1. The lowest BCUT2D eigenvalue weighted by Gasteiger charge is -2.27. The summed E-state index contributed by atoms with van der Waals surface area (Å²) in [5, 5.41) is 0.859. The molecule has 1 aliphatic rings. The van der Waals surface area contributed by atoms with Crippen LogP contribution in [-0.4, -0.2) is 18.1 Å². The van der Waals surface area contributed by atoms with Crippen LogP contribution in [0.5, 0.6) is 0 Å². The minimum atomic E-state index is 0.169. The molecule has 0 radical (unpaired) electrons. The van der Waals surface area contributed by atoms with E-state index in [0.717, 1.165) is 22.9 Å². The van der Waals surface area contributed by atoms with Crippen molar-refractivity contribution in [2.75, 3.05) is 18.1 Å². The van der Waals surface area contributed by atoms with E-state index < -0.39 is 0 Å². The van der Waals surface area contributed by atoms with Gasteiger partial charge < -0.3 is 5.73 Å². The van der Waals surface area contributed by atoms with Gasteiger partial charge in [-0.25, -0.2) is 0 Å². The minimum absolute atomic E-state index is 0.169. The lowest BCUT2D eigenvalue weighted by molar-refractivity contribution is 0.498. The van der Waals surface area contributed by atoms with Gasteiger partial charge in [-0.2, -0.15) is 11.8 Å². The molecule has 2 N–H and O–H groups in total. The minimum Gasteiger partial charge on any atom is -0.330 e. The Balaban J connectivity index is 2.38. The summed E-state index contributed by atoms with van der Waals surface area (Å²) < 4.78 is 0. The molecular formula is C12H16ClNS. The predicted octanol–water partition coefficient (Wildman–Crippen LogP) is 2.98. The fourth-order valence-corrected chi connectivity index (χ4v) is 3.72. The average molecular weight is 242 g/mol. The second-order valence-corrected chi connectivity index (χ2v) is 5.76. The molecule has 0 aliphatic carbocycles. The third-order valence-electron chi connectivity index (χ3n) is 3.28. The van der Waals surface area contributed by atoms with Crippen LogP contribution in [0.4, 0.5) is 0 Å². The van der Waals surface area contributed by atoms with Crippen LogP contribution in [0.2, 0.25) is 5.02 Å². The van der Waals surface area contributed by atoms with Crippen molar-refractivity contribution in [3.63, 3.8) is 0 Å². The molecule has 3 heteroatoms. The van der Waals surface area contributed by atoms with E-state index in [1.165, 1.54) is 17.7 Å². The molecule has 1 aromatic rings. The number of halogens is 1. The summed E-state index contributed by atoms with van der Waals surface area (Å²) in [6.07, 6.45) is 1.17. The Morgan fingerprint density at radius 1 is 1.53 bits per heavy atom. The van der Waals surface area contributed by atoms with Crippen molar-refractivity contribution in [2.24, 2.45) is 5.73 Å². The van der Waals surface area contributed by atoms with Gasteiger partial charge in [0.15, 0.2) is 0 Å². The van der Waals surface area contributed by atoms with E-state index in [0.29, 0.717) is 0 Å². The fourth-order valence-electron chi connectivity index (χ4n) is 2.04. The van der Waals surface area contributed by atoms with Crippen molar-refractivity contribution in [1.29, 1.82) is 0 Å². The monoisotopic (exact) mass is 241 g/mol. The van der Waals surface area contributed by atoms with Crippen molar-refractivity contribution in [3.8, 4) is 0 Å². The topological polar surface area (TPSA) is 26.0 Å². The summed E-state index contributed by atoms with van der Waals surface area (Å²) in [6.45, 7) is 2.75. The summed E-state index contributed by atoms with van der Waals surface area (Å²) >= 11 is 8.15. The van der Waals surface area contributed by atoms with E-state index in [1.54, 1.807) is 0 Å². The van der Waals surface area contributed by atoms with Crippen LogP contribution in [0.25, 0.3) is 0 Å². The van der Waals surface area contributed by atoms with E-state index in [-0.39, 0.29) is 5.41 Å². The fraction of sp³-hybridized carbons (Fsp3) is 0.500. The zero-order chi connectivity index (χ0) is 10.9. The zero-order valence-corrected chi connectivity index (χ0v) is 10.5. The highest BCUT2D eigenvalue weighted by Gasteiger charge is 2.34. The molecule has 15 heavy (non-hydrogen) atoms. The quantitative estimate of drug-likeness (QED) is 0.862. The van der Waals surface area contributed by atoms with Gasteiger partial charge in [-0.3, -0.25) is 0 Å². The highest BCUT2D eigenvalue weighted by Crippen LogP contribution is 2.39. The van der Waals surface area contributed by atoms with Crippen LogP contribution < -0.4 is 5.73 Å². The molecule has 1 nitrogen and oxygen atoms in total. The lowest BCUT2D eigenvalue weighted by Crippen LogP contribution is -2.34. The average Bonchev–Trinajstić information content (AvgIpc) is 2.72. The predicted molar refractivity (Wildman–Crippen MR) is 68.9 cm³/mol. The SMILES string of the molecule is Cc1ccc(C2(CN)CCSC2)cc1Cl. The number of benzene rings is 1. The van der Waals surface area contributed by atoms with Crippen molar-refractivity contribution in [3.05, 3.63) is 34.3 Å². The summed E-state index contributed by atoms with van der Waals surface area (Å²) in [7, 11) is 0. The van der Waals surface area contributed by atoms with Gasteiger partial charge in [-0.05, 0) is 36.3 Å². The molecule has 0 amide bonds. The molecule has 0 spiro atoms. The van der Waals surface area contributed by atoms with Gasteiger partial charge in [0.25, 0.3) is 0 Å². The number of aryl methyl sites for hydroxylation is 1. The summed E-state index contributed by atoms with van der Waals surface area (Å²) in [4.78, 5) is 0. The first-order valence-electron chi connectivity index (χ1n) is 5.22.